The van der Waals surface area contributed by atoms with Crippen molar-refractivity contribution in [3.63, 3.8) is 0 Å². The quantitative estimate of drug-likeness (QED) is 0.742. The fourth-order valence-electron chi connectivity index (χ4n) is 3.13. The number of rotatable bonds is 6. The Hall–Kier alpha value is -2.09. The van der Waals surface area contributed by atoms with E-state index in [4.69, 9.17) is 11.6 Å². The lowest BCUT2D eigenvalue weighted by Crippen LogP contribution is -2.35. The Balaban J connectivity index is 1.59. The third-order valence-electron chi connectivity index (χ3n) is 4.73. The summed E-state index contributed by atoms with van der Waals surface area (Å²) in [6, 6.07) is 11.7. The topological polar surface area (TPSA) is 78.5 Å². The van der Waals surface area contributed by atoms with Gasteiger partial charge in [-0.05, 0) is 61.7 Å². The average molecular weight is 422 g/mol. The molecule has 0 unspecified atom stereocenters. The second-order valence-corrected chi connectivity index (χ2v) is 9.22. The summed E-state index contributed by atoms with van der Waals surface area (Å²) in [5.41, 5.74) is 2.34. The van der Waals surface area contributed by atoms with Crippen molar-refractivity contribution >= 4 is 38.9 Å². The van der Waals surface area contributed by atoms with Crippen molar-refractivity contribution < 1.29 is 13.2 Å². The molecule has 150 valence electrons. The van der Waals surface area contributed by atoms with E-state index in [1.807, 2.05) is 13.0 Å². The Labute approximate surface area is 170 Å². The summed E-state index contributed by atoms with van der Waals surface area (Å²) in [5.74, 6) is -0.231. The molecule has 0 aromatic heterocycles. The Morgan fingerprint density at radius 2 is 1.75 bits per heavy atom. The van der Waals surface area contributed by atoms with Gasteiger partial charge in [-0.3, -0.25) is 4.79 Å². The largest absolute Gasteiger partial charge is 0.376 e. The molecule has 0 saturated carbocycles. The molecule has 1 heterocycles. The molecular formula is C20H24ClN3O3S. The van der Waals surface area contributed by atoms with Crippen LogP contribution in [0.15, 0.2) is 47.4 Å². The summed E-state index contributed by atoms with van der Waals surface area (Å²) in [5, 5.41) is 6.41. The number of halogens is 1. The van der Waals surface area contributed by atoms with E-state index in [1.54, 1.807) is 24.3 Å². The van der Waals surface area contributed by atoms with Gasteiger partial charge in [-0.15, -0.1) is 0 Å². The van der Waals surface area contributed by atoms with E-state index in [9.17, 15) is 13.2 Å². The molecule has 28 heavy (non-hydrogen) atoms. The van der Waals surface area contributed by atoms with Gasteiger partial charge in [-0.2, -0.15) is 4.31 Å². The zero-order chi connectivity index (χ0) is 20.1. The normalized spacial score (nSPS) is 15.2. The molecule has 1 aliphatic rings. The number of carbonyl (C=O) groups is 1. The number of amides is 1. The van der Waals surface area contributed by atoms with Crippen LogP contribution in [0.25, 0.3) is 0 Å². The predicted molar refractivity (Wildman–Crippen MR) is 112 cm³/mol. The summed E-state index contributed by atoms with van der Waals surface area (Å²) in [6.07, 6.45) is 2.86. The van der Waals surface area contributed by atoms with Crippen LogP contribution >= 0.6 is 11.6 Å². The highest BCUT2D eigenvalue weighted by atomic mass is 35.5. The molecule has 8 heteroatoms. The van der Waals surface area contributed by atoms with E-state index in [-0.39, 0.29) is 17.3 Å². The van der Waals surface area contributed by atoms with E-state index in [0.717, 1.165) is 30.5 Å². The van der Waals surface area contributed by atoms with Crippen molar-refractivity contribution in [2.75, 3.05) is 30.3 Å². The van der Waals surface area contributed by atoms with Crippen LogP contribution in [0.4, 0.5) is 11.4 Å². The van der Waals surface area contributed by atoms with Gasteiger partial charge in [0.05, 0.1) is 11.4 Å². The van der Waals surface area contributed by atoms with E-state index in [0.29, 0.717) is 23.8 Å². The van der Waals surface area contributed by atoms with Gasteiger partial charge in [0.15, 0.2) is 0 Å². The van der Waals surface area contributed by atoms with Gasteiger partial charge in [0.25, 0.3) is 0 Å². The smallest absolute Gasteiger partial charge is 0.243 e. The van der Waals surface area contributed by atoms with Crippen molar-refractivity contribution in [2.24, 2.45) is 0 Å². The Morgan fingerprint density at radius 1 is 1.07 bits per heavy atom. The van der Waals surface area contributed by atoms with Gasteiger partial charge in [-0.25, -0.2) is 8.42 Å². The van der Waals surface area contributed by atoms with Crippen molar-refractivity contribution in [3.05, 3.63) is 53.1 Å². The van der Waals surface area contributed by atoms with Gasteiger partial charge >= 0.3 is 0 Å². The molecule has 1 amide bonds. The summed E-state index contributed by atoms with van der Waals surface area (Å²) in [4.78, 5) is 12.4. The first-order valence-corrected chi connectivity index (χ1v) is 11.1. The number of benzene rings is 2. The minimum atomic E-state index is -3.47. The fraction of sp³-hybridized carbons (Fsp3) is 0.350. The number of nitrogens with zero attached hydrogens (tertiary/aromatic N) is 1. The van der Waals surface area contributed by atoms with Crippen LogP contribution in [0, 0.1) is 6.92 Å². The zero-order valence-electron chi connectivity index (χ0n) is 15.7. The van der Waals surface area contributed by atoms with Crippen molar-refractivity contribution in [2.45, 2.75) is 31.1 Å². The molecular weight excluding hydrogens is 398 g/mol. The molecule has 2 aromatic carbocycles. The first-order valence-electron chi connectivity index (χ1n) is 9.26. The molecule has 0 atom stereocenters. The van der Waals surface area contributed by atoms with Gasteiger partial charge in [0.1, 0.15) is 0 Å². The van der Waals surface area contributed by atoms with Crippen molar-refractivity contribution in [3.8, 4) is 0 Å². The number of nitrogens with one attached hydrogen (secondary N) is 2. The average Bonchev–Trinajstić information content (AvgIpc) is 2.70. The molecule has 1 aliphatic heterocycles. The lowest BCUT2D eigenvalue weighted by atomic mass is 10.2. The molecule has 0 spiro atoms. The van der Waals surface area contributed by atoms with Crippen LogP contribution in [-0.2, 0) is 14.8 Å². The standard InChI is InChI=1S/C20H24ClN3O3S/c1-15-5-6-16(21)13-19(15)22-14-20(25)23-17-7-9-18(10-8-17)28(26,27)24-11-3-2-4-12-24/h5-10,13,22H,2-4,11-12,14H2,1H3,(H,23,25). The summed E-state index contributed by atoms with van der Waals surface area (Å²) in [7, 11) is -3.47. The molecule has 2 aromatic rings. The molecule has 6 nitrogen and oxygen atoms in total. The second-order valence-electron chi connectivity index (χ2n) is 6.85. The number of piperidine rings is 1. The minimum Gasteiger partial charge on any atom is -0.376 e. The molecule has 2 N–H and O–H groups in total. The fourth-order valence-corrected chi connectivity index (χ4v) is 4.82. The van der Waals surface area contributed by atoms with Crippen LogP contribution in [0.3, 0.4) is 0 Å². The van der Waals surface area contributed by atoms with Crippen molar-refractivity contribution in [1.29, 1.82) is 0 Å². The SMILES string of the molecule is Cc1ccc(Cl)cc1NCC(=O)Nc1ccc(S(=O)(=O)N2CCCCC2)cc1. The van der Waals surface area contributed by atoms with Crippen LogP contribution in [-0.4, -0.2) is 38.3 Å². The summed E-state index contributed by atoms with van der Waals surface area (Å²) < 4.78 is 26.8. The maximum atomic E-state index is 12.7. The van der Waals surface area contributed by atoms with Gasteiger partial charge in [0.2, 0.25) is 15.9 Å². The van der Waals surface area contributed by atoms with Gasteiger partial charge in [-0.1, -0.05) is 24.1 Å². The number of hydrogen-bond acceptors (Lipinski definition) is 4. The second kappa shape index (κ2) is 8.94. The molecule has 1 saturated heterocycles. The Bertz CT molecular complexity index is 940. The van der Waals surface area contributed by atoms with Crippen LogP contribution in [0.2, 0.25) is 5.02 Å². The van der Waals surface area contributed by atoms with Crippen LogP contribution in [0.5, 0.6) is 0 Å². The summed E-state index contributed by atoms with van der Waals surface area (Å²) in [6.45, 7) is 3.14. The number of carbonyl (C=O) groups excluding carboxylic acids is 1. The number of hydrogen-bond donors (Lipinski definition) is 2. The molecule has 0 bridgehead atoms. The highest BCUT2D eigenvalue weighted by molar-refractivity contribution is 7.89. The number of anilines is 2. The third-order valence-corrected chi connectivity index (χ3v) is 6.88. The van der Waals surface area contributed by atoms with Gasteiger partial charge < -0.3 is 10.6 Å². The monoisotopic (exact) mass is 421 g/mol. The Morgan fingerprint density at radius 3 is 2.43 bits per heavy atom. The van der Waals surface area contributed by atoms with E-state index in [1.165, 1.54) is 16.4 Å². The molecule has 3 rings (SSSR count). The Kier molecular flexibility index (Phi) is 6.59. The lowest BCUT2D eigenvalue weighted by molar-refractivity contribution is -0.114. The summed E-state index contributed by atoms with van der Waals surface area (Å²) >= 11 is 5.98. The van der Waals surface area contributed by atoms with E-state index in [2.05, 4.69) is 10.6 Å². The molecule has 0 radical (unpaired) electrons. The molecule has 0 aliphatic carbocycles. The first kappa shape index (κ1) is 20.6. The minimum absolute atomic E-state index is 0.0784. The maximum absolute atomic E-state index is 12.7. The van der Waals surface area contributed by atoms with E-state index < -0.39 is 10.0 Å². The van der Waals surface area contributed by atoms with Crippen LogP contribution < -0.4 is 10.6 Å². The van der Waals surface area contributed by atoms with E-state index >= 15 is 0 Å². The maximum Gasteiger partial charge on any atom is 0.243 e. The first-order chi connectivity index (χ1) is 13.4. The molecule has 1 fully saturated rings. The third kappa shape index (κ3) is 5.04. The van der Waals surface area contributed by atoms with Crippen molar-refractivity contribution in [1.82, 2.24) is 4.31 Å². The van der Waals surface area contributed by atoms with Gasteiger partial charge in [0, 0.05) is 29.5 Å². The number of sulfonamides is 1. The number of aryl methyl sites for hydroxylation is 1. The highest BCUT2D eigenvalue weighted by Crippen LogP contribution is 2.22. The van der Waals surface area contributed by atoms with Crippen LogP contribution in [0.1, 0.15) is 24.8 Å². The zero-order valence-corrected chi connectivity index (χ0v) is 17.3. The highest BCUT2D eigenvalue weighted by Gasteiger charge is 2.25. The predicted octanol–water partition coefficient (Wildman–Crippen LogP) is 3.87. The lowest BCUT2D eigenvalue weighted by Gasteiger charge is -2.25.